The summed E-state index contributed by atoms with van der Waals surface area (Å²) in [6.45, 7) is 0.562. The number of nitrogens with zero attached hydrogens (tertiary/aromatic N) is 3. The Morgan fingerprint density at radius 3 is 2.65 bits per heavy atom. The second-order valence-corrected chi connectivity index (χ2v) is 7.83. The summed E-state index contributed by atoms with van der Waals surface area (Å²) in [5, 5.41) is 10.5. The highest BCUT2D eigenvalue weighted by Gasteiger charge is 2.35. The van der Waals surface area contributed by atoms with Crippen LogP contribution in [0.5, 0.6) is 5.75 Å². The Hall–Kier alpha value is -2.91. The van der Waals surface area contributed by atoms with Gasteiger partial charge in [-0.2, -0.15) is 0 Å². The van der Waals surface area contributed by atoms with Crippen molar-refractivity contribution in [1.29, 1.82) is 0 Å². The third-order valence-electron chi connectivity index (χ3n) is 5.16. The highest BCUT2D eigenvalue weighted by Crippen LogP contribution is 2.29. The third-order valence-corrected chi connectivity index (χ3v) is 5.45. The highest BCUT2D eigenvalue weighted by molar-refractivity contribution is 6.30. The third kappa shape index (κ3) is 4.28. The van der Waals surface area contributed by atoms with Crippen molar-refractivity contribution in [3.05, 3.63) is 61.8 Å². The summed E-state index contributed by atoms with van der Waals surface area (Å²) < 4.78 is 19.6. The number of pyridine rings is 1. The molecule has 0 atom stereocenters. The number of carbonyl (C=O) groups excluding carboxylic acids is 2. The van der Waals surface area contributed by atoms with Gasteiger partial charge in [-0.25, -0.2) is 4.39 Å². The molecular formula is C21H23ClFN3O5. The van der Waals surface area contributed by atoms with Gasteiger partial charge in [-0.1, -0.05) is 17.7 Å². The summed E-state index contributed by atoms with van der Waals surface area (Å²) in [4.78, 5) is 41.6. The number of hydrogen-bond donors (Lipinski definition) is 1. The molecule has 8 nitrogen and oxygen atoms in total. The fraction of sp³-hybridized carbons (Fsp3) is 0.381. The van der Waals surface area contributed by atoms with Crippen molar-refractivity contribution in [2.45, 2.75) is 19.5 Å². The summed E-state index contributed by atoms with van der Waals surface area (Å²) >= 11 is 5.82. The lowest BCUT2D eigenvalue weighted by Gasteiger charge is -2.31. The molecule has 1 aliphatic rings. The number of methoxy groups -OCH3 is 1. The predicted molar refractivity (Wildman–Crippen MR) is 112 cm³/mol. The Bertz CT molecular complexity index is 1100. The molecule has 0 bridgehead atoms. The zero-order chi connectivity index (χ0) is 22.9. The standard InChI is InChI=1S/C21H23ClFN3O5/c1-24(2)20(29)17-13-6-7-25(11-12-4-5-15(23)14(22)10-12)19(28)16(13)18(27)21(30)26(17)8-9-31-3/h4-5,10,27H,6-9,11H2,1-3H3. The Morgan fingerprint density at radius 2 is 2.03 bits per heavy atom. The molecule has 1 aromatic carbocycles. The van der Waals surface area contributed by atoms with Gasteiger partial charge in [0.2, 0.25) is 0 Å². The van der Waals surface area contributed by atoms with E-state index in [2.05, 4.69) is 0 Å². The molecule has 0 fully saturated rings. The molecule has 1 N–H and O–H groups in total. The molecule has 2 aromatic rings. The van der Waals surface area contributed by atoms with Crippen LogP contribution in [0.4, 0.5) is 4.39 Å². The molecule has 0 saturated carbocycles. The molecule has 0 radical (unpaired) electrons. The molecule has 2 amide bonds. The minimum atomic E-state index is -0.832. The van der Waals surface area contributed by atoms with E-state index in [4.69, 9.17) is 16.3 Å². The van der Waals surface area contributed by atoms with Gasteiger partial charge in [0, 0.05) is 46.4 Å². The number of carbonyl (C=O) groups is 2. The lowest BCUT2D eigenvalue weighted by molar-refractivity contribution is 0.0719. The maximum absolute atomic E-state index is 13.4. The number of rotatable bonds is 6. The lowest BCUT2D eigenvalue weighted by atomic mass is 9.95. The van der Waals surface area contributed by atoms with E-state index >= 15 is 0 Å². The average Bonchev–Trinajstić information content (AvgIpc) is 2.73. The summed E-state index contributed by atoms with van der Waals surface area (Å²) in [6, 6.07) is 4.14. The number of amides is 2. The van der Waals surface area contributed by atoms with Crippen molar-refractivity contribution in [3.63, 3.8) is 0 Å². The van der Waals surface area contributed by atoms with E-state index < -0.39 is 28.9 Å². The highest BCUT2D eigenvalue weighted by atomic mass is 35.5. The van der Waals surface area contributed by atoms with Gasteiger partial charge in [-0.05, 0) is 24.1 Å². The van der Waals surface area contributed by atoms with Crippen molar-refractivity contribution in [2.75, 3.05) is 34.4 Å². The SMILES string of the molecule is COCCn1c(C(=O)N(C)C)c2c(c(O)c1=O)C(=O)N(Cc1ccc(F)c(Cl)c1)CC2. The summed E-state index contributed by atoms with van der Waals surface area (Å²) in [6.07, 6.45) is 0.256. The van der Waals surface area contributed by atoms with Gasteiger partial charge in [-0.15, -0.1) is 0 Å². The first-order chi connectivity index (χ1) is 14.7. The van der Waals surface area contributed by atoms with Gasteiger partial charge in [0.25, 0.3) is 17.4 Å². The molecule has 166 valence electrons. The molecule has 0 aliphatic carbocycles. The van der Waals surface area contributed by atoms with Gasteiger partial charge in [0.15, 0.2) is 5.75 Å². The number of aromatic hydroxyl groups is 1. The fourth-order valence-corrected chi connectivity index (χ4v) is 3.81. The van der Waals surface area contributed by atoms with E-state index in [-0.39, 0.29) is 48.9 Å². The van der Waals surface area contributed by atoms with Crippen LogP contribution in [-0.2, 0) is 24.2 Å². The molecule has 3 rings (SSSR count). The van der Waals surface area contributed by atoms with Gasteiger partial charge in [0.1, 0.15) is 11.5 Å². The van der Waals surface area contributed by atoms with Crippen LogP contribution in [0.25, 0.3) is 0 Å². The topological polar surface area (TPSA) is 92.1 Å². The number of fused-ring (bicyclic) bond motifs is 1. The Kier molecular flexibility index (Phi) is 6.66. The second kappa shape index (κ2) is 9.07. The van der Waals surface area contributed by atoms with Crippen LogP contribution in [0, 0.1) is 5.82 Å². The second-order valence-electron chi connectivity index (χ2n) is 7.43. The number of hydrogen-bond acceptors (Lipinski definition) is 5. The quantitative estimate of drug-likeness (QED) is 0.724. The molecule has 0 spiro atoms. The number of benzene rings is 1. The first-order valence-electron chi connectivity index (χ1n) is 9.59. The monoisotopic (exact) mass is 451 g/mol. The lowest BCUT2D eigenvalue weighted by Crippen LogP contribution is -2.42. The molecule has 31 heavy (non-hydrogen) atoms. The predicted octanol–water partition coefficient (Wildman–Crippen LogP) is 1.89. The zero-order valence-electron chi connectivity index (χ0n) is 17.4. The molecule has 0 unspecified atom stereocenters. The van der Waals surface area contributed by atoms with E-state index in [1.165, 1.54) is 35.1 Å². The van der Waals surface area contributed by atoms with Crippen LogP contribution >= 0.6 is 11.6 Å². The van der Waals surface area contributed by atoms with Gasteiger partial charge < -0.3 is 19.6 Å². The van der Waals surface area contributed by atoms with E-state index in [0.29, 0.717) is 11.1 Å². The number of halogens is 2. The van der Waals surface area contributed by atoms with E-state index in [1.54, 1.807) is 14.1 Å². The van der Waals surface area contributed by atoms with Crippen molar-refractivity contribution in [3.8, 4) is 5.75 Å². The maximum Gasteiger partial charge on any atom is 0.294 e. The van der Waals surface area contributed by atoms with Gasteiger partial charge in [0.05, 0.1) is 17.2 Å². The molecule has 0 saturated heterocycles. The molecule has 1 aromatic heterocycles. The molecule has 2 heterocycles. The van der Waals surface area contributed by atoms with Crippen molar-refractivity contribution >= 4 is 23.4 Å². The van der Waals surface area contributed by atoms with Crippen molar-refractivity contribution in [2.24, 2.45) is 0 Å². The molecular weight excluding hydrogens is 429 g/mol. The van der Waals surface area contributed by atoms with Crippen LogP contribution in [0.3, 0.4) is 0 Å². The minimum absolute atomic E-state index is 0.0526. The summed E-state index contributed by atoms with van der Waals surface area (Å²) in [5.74, 6) is -2.30. The van der Waals surface area contributed by atoms with Crippen molar-refractivity contribution < 1.29 is 23.8 Å². The van der Waals surface area contributed by atoms with Gasteiger partial charge in [-0.3, -0.25) is 19.0 Å². The Morgan fingerprint density at radius 1 is 1.32 bits per heavy atom. The number of aromatic nitrogens is 1. The summed E-state index contributed by atoms with van der Waals surface area (Å²) in [7, 11) is 4.55. The minimum Gasteiger partial charge on any atom is -0.502 e. The largest absolute Gasteiger partial charge is 0.502 e. The van der Waals surface area contributed by atoms with Crippen LogP contribution in [-0.4, -0.2) is 65.6 Å². The Labute approximate surface area is 183 Å². The Balaban J connectivity index is 2.08. The van der Waals surface area contributed by atoms with Crippen LogP contribution < -0.4 is 5.56 Å². The first-order valence-corrected chi connectivity index (χ1v) is 9.97. The van der Waals surface area contributed by atoms with E-state index in [1.807, 2.05) is 0 Å². The summed E-state index contributed by atoms with van der Waals surface area (Å²) in [5.41, 5.74) is -0.0203. The fourth-order valence-electron chi connectivity index (χ4n) is 3.60. The van der Waals surface area contributed by atoms with Crippen LogP contribution in [0.1, 0.15) is 32.0 Å². The normalized spacial score (nSPS) is 13.3. The van der Waals surface area contributed by atoms with Crippen LogP contribution in [0.2, 0.25) is 5.02 Å². The van der Waals surface area contributed by atoms with E-state index in [9.17, 15) is 23.9 Å². The van der Waals surface area contributed by atoms with Gasteiger partial charge >= 0.3 is 0 Å². The van der Waals surface area contributed by atoms with Crippen molar-refractivity contribution in [1.82, 2.24) is 14.4 Å². The van der Waals surface area contributed by atoms with E-state index in [0.717, 1.165) is 4.57 Å². The first kappa shape index (κ1) is 22.8. The average molecular weight is 452 g/mol. The zero-order valence-corrected chi connectivity index (χ0v) is 18.2. The maximum atomic E-state index is 13.4. The van der Waals surface area contributed by atoms with Crippen LogP contribution in [0.15, 0.2) is 23.0 Å². The smallest absolute Gasteiger partial charge is 0.294 e. The molecule has 10 heteroatoms. The number of ether oxygens (including phenoxy) is 1. The molecule has 1 aliphatic heterocycles.